The van der Waals surface area contributed by atoms with Gasteiger partial charge in [-0.05, 0) is 43.3 Å². The Kier molecular flexibility index (Phi) is 3.33. The van der Waals surface area contributed by atoms with Gasteiger partial charge < -0.3 is 14.6 Å². The fraction of sp³-hybridized carbons (Fsp3) is 0.333. The second kappa shape index (κ2) is 5.04. The summed E-state index contributed by atoms with van der Waals surface area (Å²) in [4.78, 5) is 26.4. The average molecular weight is 304 g/mol. The van der Waals surface area contributed by atoms with Crippen molar-refractivity contribution >= 4 is 23.2 Å². The van der Waals surface area contributed by atoms with E-state index in [4.69, 9.17) is 0 Å². The Hall–Kier alpha value is -2.08. The van der Waals surface area contributed by atoms with Gasteiger partial charge >= 0.3 is 5.97 Å². The predicted molar refractivity (Wildman–Crippen MR) is 80.0 cm³/mol. The van der Waals surface area contributed by atoms with Gasteiger partial charge in [0.05, 0.1) is 5.69 Å². The maximum Gasteiger partial charge on any atom is 0.329 e. The van der Waals surface area contributed by atoms with E-state index in [0.29, 0.717) is 17.8 Å². The molecule has 0 bridgehead atoms. The number of thiophene rings is 1. The summed E-state index contributed by atoms with van der Waals surface area (Å²) in [5.74, 6) is -1.14. The lowest BCUT2D eigenvalue weighted by molar-refractivity contribution is -0.147. The van der Waals surface area contributed by atoms with E-state index >= 15 is 0 Å². The molecule has 1 N–H and O–H groups in total. The molecule has 1 amide bonds. The molecule has 3 rings (SSSR count). The summed E-state index contributed by atoms with van der Waals surface area (Å²) in [5.41, 5.74) is -0.302. The van der Waals surface area contributed by atoms with Crippen molar-refractivity contribution in [3.8, 4) is 5.69 Å². The average Bonchev–Trinajstić information content (AvgIpc) is 3.18. The van der Waals surface area contributed by atoms with Crippen LogP contribution in [0.15, 0.2) is 36.0 Å². The Balaban J connectivity index is 1.97. The fourth-order valence-corrected chi connectivity index (χ4v) is 3.63. The molecule has 5 nitrogen and oxygen atoms in total. The van der Waals surface area contributed by atoms with Crippen molar-refractivity contribution in [3.63, 3.8) is 0 Å². The summed E-state index contributed by atoms with van der Waals surface area (Å²) in [5, 5.41) is 11.3. The minimum Gasteiger partial charge on any atom is -0.480 e. The van der Waals surface area contributed by atoms with Crippen LogP contribution in [-0.2, 0) is 4.79 Å². The molecular formula is C15H16N2O3S. The van der Waals surface area contributed by atoms with E-state index in [-0.39, 0.29) is 5.91 Å². The first-order valence-electron chi connectivity index (χ1n) is 6.80. The number of hydrogen-bond donors (Lipinski definition) is 1. The first-order valence-corrected chi connectivity index (χ1v) is 7.68. The molecule has 3 heterocycles. The molecule has 0 saturated carbocycles. The molecule has 1 saturated heterocycles. The highest BCUT2D eigenvalue weighted by Gasteiger charge is 2.46. The van der Waals surface area contributed by atoms with Crippen LogP contribution in [0, 0.1) is 0 Å². The molecule has 1 unspecified atom stereocenters. The van der Waals surface area contributed by atoms with E-state index in [2.05, 4.69) is 0 Å². The van der Waals surface area contributed by atoms with Crippen molar-refractivity contribution in [2.24, 2.45) is 0 Å². The zero-order chi connectivity index (χ0) is 15.0. The van der Waals surface area contributed by atoms with Crippen molar-refractivity contribution < 1.29 is 14.7 Å². The number of carbonyl (C=O) groups excluding carboxylic acids is 1. The van der Waals surface area contributed by atoms with Crippen LogP contribution in [0.25, 0.3) is 5.69 Å². The van der Waals surface area contributed by atoms with Crippen LogP contribution < -0.4 is 0 Å². The van der Waals surface area contributed by atoms with Gasteiger partial charge in [0.15, 0.2) is 0 Å². The summed E-state index contributed by atoms with van der Waals surface area (Å²) in [6.07, 6.45) is 4.97. The molecule has 0 radical (unpaired) electrons. The molecule has 6 heteroatoms. The number of rotatable bonds is 3. The minimum absolute atomic E-state index is 0.198. The highest BCUT2D eigenvalue weighted by molar-refractivity contribution is 7.12. The number of nitrogens with zero attached hydrogens (tertiary/aromatic N) is 2. The van der Waals surface area contributed by atoms with Crippen molar-refractivity contribution in [1.82, 2.24) is 9.47 Å². The maximum absolute atomic E-state index is 12.8. The number of amides is 1. The van der Waals surface area contributed by atoms with Gasteiger partial charge in [-0.25, -0.2) is 4.79 Å². The van der Waals surface area contributed by atoms with Gasteiger partial charge in [0.2, 0.25) is 0 Å². The molecule has 1 aliphatic rings. The standard InChI is InChI=1S/C15H16N2O3S/c1-15(14(19)20)6-4-9-17(15)13(18)12-11(5-10-21-12)16-7-2-3-8-16/h2-3,5,7-8,10H,4,6,9H2,1H3,(H,19,20). The van der Waals surface area contributed by atoms with E-state index in [0.717, 1.165) is 12.1 Å². The van der Waals surface area contributed by atoms with Gasteiger partial charge in [0, 0.05) is 18.9 Å². The second-order valence-corrected chi connectivity index (χ2v) is 6.28. The quantitative estimate of drug-likeness (QED) is 0.948. The topological polar surface area (TPSA) is 62.5 Å². The molecule has 21 heavy (non-hydrogen) atoms. The number of carbonyl (C=O) groups is 2. The molecule has 0 spiro atoms. The van der Waals surface area contributed by atoms with Crippen LogP contribution in [0.1, 0.15) is 29.4 Å². The highest BCUT2D eigenvalue weighted by atomic mass is 32.1. The van der Waals surface area contributed by atoms with Crippen LogP contribution in [0.3, 0.4) is 0 Å². The SMILES string of the molecule is CC1(C(=O)O)CCCN1C(=O)c1sccc1-n1cccc1. The number of aromatic nitrogens is 1. The molecule has 0 aliphatic carbocycles. The van der Waals surface area contributed by atoms with Gasteiger partial charge in [-0.15, -0.1) is 11.3 Å². The molecule has 1 fully saturated rings. The summed E-state index contributed by atoms with van der Waals surface area (Å²) < 4.78 is 1.87. The number of likely N-dealkylation sites (tertiary alicyclic amines) is 1. The lowest BCUT2D eigenvalue weighted by Gasteiger charge is -2.31. The second-order valence-electron chi connectivity index (χ2n) is 5.36. The Labute approximate surface area is 126 Å². The summed E-state index contributed by atoms with van der Waals surface area (Å²) in [6, 6.07) is 5.67. The van der Waals surface area contributed by atoms with E-state index in [1.807, 2.05) is 40.5 Å². The summed E-state index contributed by atoms with van der Waals surface area (Å²) in [7, 11) is 0. The lowest BCUT2D eigenvalue weighted by atomic mass is 9.99. The van der Waals surface area contributed by atoms with Crippen LogP contribution >= 0.6 is 11.3 Å². The molecule has 2 aromatic heterocycles. The third-order valence-corrected chi connectivity index (χ3v) is 4.96. The minimum atomic E-state index is -1.10. The largest absolute Gasteiger partial charge is 0.480 e. The maximum atomic E-state index is 12.8. The third kappa shape index (κ3) is 2.15. The molecular weight excluding hydrogens is 288 g/mol. The predicted octanol–water partition coefficient (Wildman–Crippen LogP) is 2.62. The van der Waals surface area contributed by atoms with Gasteiger partial charge in [-0.1, -0.05) is 0 Å². The molecule has 110 valence electrons. The molecule has 2 aromatic rings. The van der Waals surface area contributed by atoms with E-state index in [9.17, 15) is 14.7 Å². The van der Waals surface area contributed by atoms with Crippen LogP contribution in [0.4, 0.5) is 0 Å². The molecule has 1 aliphatic heterocycles. The van der Waals surface area contributed by atoms with Crippen molar-refractivity contribution in [1.29, 1.82) is 0 Å². The number of carboxylic acids is 1. The van der Waals surface area contributed by atoms with Crippen molar-refractivity contribution in [3.05, 3.63) is 40.8 Å². The Bertz CT molecular complexity index is 677. The molecule has 1 atom stereocenters. The number of aliphatic carboxylic acids is 1. The summed E-state index contributed by atoms with van der Waals surface area (Å²) in [6.45, 7) is 2.12. The molecule has 0 aromatic carbocycles. The van der Waals surface area contributed by atoms with Crippen molar-refractivity contribution in [2.75, 3.05) is 6.54 Å². The van der Waals surface area contributed by atoms with Crippen molar-refractivity contribution in [2.45, 2.75) is 25.3 Å². The Morgan fingerprint density at radius 1 is 1.33 bits per heavy atom. The zero-order valence-corrected chi connectivity index (χ0v) is 12.5. The van der Waals surface area contributed by atoms with Crippen LogP contribution in [0.5, 0.6) is 0 Å². The fourth-order valence-electron chi connectivity index (χ4n) is 2.79. The van der Waals surface area contributed by atoms with E-state index in [1.165, 1.54) is 16.2 Å². The summed E-state index contributed by atoms with van der Waals surface area (Å²) >= 11 is 1.35. The van der Waals surface area contributed by atoms with Crippen LogP contribution in [-0.4, -0.2) is 38.5 Å². The van der Waals surface area contributed by atoms with Gasteiger partial charge in [-0.2, -0.15) is 0 Å². The van der Waals surface area contributed by atoms with Gasteiger partial charge in [0.1, 0.15) is 10.4 Å². The normalized spacial score (nSPS) is 21.7. The number of carboxylic acid groups (broad SMARTS) is 1. The Morgan fingerprint density at radius 2 is 2.05 bits per heavy atom. The third-order valence-electron chi connectivity index (χ3n) is 4.07. The zero-order valence-electron chi connectivity index (χ0n) is 11.7. The first-order chi connectivity index (χ1) is 10.0. The first kappa shape index (κ1) is 13.9. The Morgan fingerprint density at radius 3 is 2.71 bits per heavy atom. The smallest absolute Gasteiger partial charge is 0.329 e. The van der Waals surface area contributed by atoms with Crippen LogP contribution in [0.2, 0.25) is 0 Å². The van der Waals surface area contributed by atoms with E-state index in [1.54, 1.807) is 6.92 Å². The van der Waals surface area contributed by atoms with Gasteiger partial charge in [0.25, 0.3) is 5.91 Å². The van der Waals surface area contributed by atoms with Gasteiger partial charge in [-0.3, -0.25) is 4.79 Å². The monoisotopic (exact) mass is 304 g/mol. The highest BCUT2D eigenvalue weighted by Crippen LogP contribution is 2.33. The lowest BCUT2D eigenvalue weighted by Crippen LogP contribution is -2.50. The van der Waals surface area contributed by atoms with E-state index < -0.39 is 11.5 Å². The number of hydrogen-bond acceptors (Lipinski definition) is 3.